The molecule has 0 heterocycles. The summed E-state index contributed by atoms with van der Waals surface area (Å²) in [7, 11) is 0. The van der Waals surface area contributed by atoms with Crippen LogP contribution in [0.5, 0.6) is 0 Å². The van der Waals surface area contributed by atoms with Gasteiger partial charge in [-0.15, -0.1) is 0 Å². The number of unbranched alkanes of at least 4 members (excludes halogenated alkanes) is 2. The number of rotatable bonds is 13. The average Bonchev–Trinajstić information content (AvgIpc) is 2.46. The van der Waals surface area contributed by atoms with Crippen molar-refractivity contribution in [1.82, 2.24) is 5.32 Å². The lowest BCUT2D eigenvalue weighted by molar-refractivity contribution is 0.631. The van der Waals surface area contributed by atoms with Crippen molar-refractivity contribution >= 4 is 0 Å². The Morgan fingerprint density at radius 3 is 2.09 bits per heavy atom. The maximum absolute atomic E-state index is 5.48. The third kappa shape index (κ3) is 15.5. The highest BCUT2D eigenvalue weighted by molar-refractivity contribution is 5.05. The van der Waals surface area contributed by atoms with Crippen molar-refractivity contribution in [2.45, 2.75) is 72.6 Å². The molecule has 0 aromatic heterocycles. The van der Waals surface area contributed by atoms with Gasteiger partial charge in [0.1, 0.15) is 0 Å². The molecule has 0 saturated heterocycles. The van der Waals surface area contributed by atoms with Crippen molar-refractivity contribution < 1.29 is 0 Å². The van der Waals surface area contributed by atoms with E-state index >= 15 is 0 Å². The minimum absolute atomic E-state index is 0.820. The molecule has 22 heavy (non-hydrogen) atoms. The second-order valence-electron chi connectivity index (χ2n) is 6.51. The Kier molecular flexibility index (Phi) is 14.5. The van der Waals surface area contributed by atoms with Crippen LogP contribution in [0.3, 0.4) is 0 Å². The smallest absolute Gasteiger partial charge is 0.0137 e. The molecule has 0 unspecified atom stereocenters. The van der Waals surface area contributed by atoms with E-state index in [9.17, 15) is 0 Å². The van der Waals surface area contributed by atoms with Crippen LogP contribution in [-0.2, 0) is 0 Å². The van der Waals surface area contributed by atoms with Crippen LogP contribution in [0.1, 0.15) is 72.6 Å². The Balaban J connectivity index is 3.67. The van der Waals surface area contributed by atoms with Gasteiger partial charge < -0.3 is 11.1 Å². The summed E-state index contributed by atoms with van der Waals surface area (Å²) in [6, 6.07) is 0. The lowest BCUT2D eigenvalue weighted by atomic mass is 10.1. The van der Waals surface area contributed by atoms with E-state index in [-0.39, 0.29) is 0 Å². The Bertz CT molecular complexity index is 347. The average molecular weight is 307 g/mol. The molecule has 0 spiro atoms. The van der Waals surface area contributed by atoms with Crippen LogP contribution in [0.4, 0.5) is 0 Å². The van der Waals surface area contributed by atoms with Crippen molar-refractivity contribution in [3.8, 4) is 0 Å². The van der Waals surface area contributed by atoms with Crippen LogP contribution in [0.25, 0.3) is 0 Å². The topological polar surface area (TPSA) is 38.0 Å². The van der Waals surface area contributed by atoms with Gasteiger partial charge in [0.15, 0.2) is 0 Å². The maximum Gasteiger partial charge on any atom is 0.0137 e. The highest BCUT2D eigenvalue weighted by Gasteiger charge is 1.92. The van der Waals surface area contributed by atoms with E-state index in [1.807, 2.05) is 0 Å². The summed E-state index contributed by atoms with van der Waals surface area (Å²) in [4.78, 5) is 0. The fourth-order valence-electron chi connectivity index (χ4n) is 2.26. The Labute approximate surface area is 138 Å². The fraction of sp³-hybridized carbons (Fsp3) is 0.700. The molecule has 0 radical (unpaired) electrons. The SMILES string of the molecule is CC(C)=CCCC(C)=CCCC(C)=CCNCCCCCN. The first-order chi connectivity index (χ1) is 10.6. The van der Waals surface area contributed by atoms with Gasteiger partial charge >= 0.3 is 0 Å². The molecule has 2 heteroatoms. The first kappa shape index (κ1) is 21.1. The molecule has 0 bridgehead atoms. The zero-order valence-electron chi connectivity index (χ0n) is 15.4. The highest BCUT2D eigenvalue weighted by Crippen LogP contribution is 2.11. The third-order valence-corrected chi connectivity index (χ3v) is 3.78. The van der Waals surface area contributed by atoms with Gasteiger partial charge in [-0.1, -0.05) is 41.4 Å². The molecular formula is C20H38N2. The van der Waals surface area contributed by atoms with Crippen molar-refractivity contribution in [1.29, 1.82) is 0 Å². The van der Waals surface area contributed by atoms with E-state index in [1.54, 1.807) is 0 Å². The maximum atomic E-state index is 5.48. The van der Waals surface area contributed by atoms with E-state index in [1.165, 1.54) is 55.2 Å². The molecule has 0 fully saturated rings. The molecule has 0 saturated carbocycles. The summed E-state index contributed by atoms with van der Waals surface area (Å²) in [6.45, 7) is 11.7. The number of hydrogen-bond donors (Lipinski definition) is 2. The predicted molar refractivity (Wildman–Crippen MR) is 101 cm³/mol. The van der Waals surface area contributed by atoms with Crippen LogP contribution in [0, 0.1) is 0 Å². The van der Waals surface area contributed by atoms with Gasteiger partial charge in [-0.05, 0) is 79.3 Å². The number of hydrogen-bond acceptors (Lipinski definition) is 2. The van der Waals surface area contributed by atoms with Crippen LogP contribution in [0.2, 0.25) is 0 Å². The van der Waals surface area contributed by atoms with Gasteiger partial charge in [0, 0.05) is 6.54 Å². The van der Waals surface area contributed by atoms with Crippen LogP contribution in [-0.4, -0.2) is 19.6 Å². The van der Waals surface area contributed by atoms with E-state index in [0.29, 0.717) is 0 Å². The molecular weight excluding hydrogens is 268 g/mol. The lowest BCUT2D eigenvalue weighted by Gasteiger charge is -2.03. The standard InChI is InChI=1S/C20H38N2/c1-18(2)10-8-11-19(3)12-9-13-20(4)14-17-22-16-7-5-6-15-21/h10,12,14,22H,5-9,11,13,15-17,21H2,1-4H3. The summed E-state index contributed by atoms with van der Waals surface area (Å²) in [5.41, 5.74) is 9.90. The molecule has 0 aliphatic carbocycles. The zero-order chi connectivity index (χ0) is 16.6. The first-order valence-corrected chi connectivity index (χ1v) is 8.91. The number of nitrogens with two attached hydrogens (primary N) is 1. The first-order valence-electron chi connectivity index (χ1n) is 8.91. The lowest BCUT2D eigenvalue weighted by Crippen LogP contribution is -2.15. The van der Waals surface area contributed by atoms with E-state index in [2.05, 4.69) is 51.2 Å². The molecule has 0 aromatic carbocycles. The second kappa shape index (κ2) is 15.1. The van der Waals surface area contributed by atoms with E-state index in [0.717, 1.165) is 26.1 Å². The minimum atomic E-state index is 0.820. The Hall–Kier alpha value is -0.860. The van der Waals surface area contributed by atoms with Crippen molar-refractivity contribution in [2.75, 3.05) is 19.6 Å². The monoisotopic (exact) mass is 306 g/mol. The summed E-state index contributed by atoms with van der Waals surface area (Å²) < 4.78 is 0. The summed E-state index contributed by atoms with van der Waals surface area (Å²) in [6.07, 6.45) is 15.4. The molecule has 2 nitrogen and oxygen atoms in total. The molecule has 0 aliphatic rings. The molecule has 0 rings (SSSR count). The molecule has 0 amide bonds. The molecule has 0 atom stereocenters. The molecule has 0 aromatic rings. The van der Waals surface area contributed by atoms with Crippen LogP contribution in [0.15, 0.2) is 34.9 Å². The predicted octanol–water partition coefficient (Wildman–Crippen LogP) is 5.12. The second-order valence-corrected chi connectivity index (χ2v) is 6.51. The quantitative estimate of drug-likeness (QED) is 0.366. The van der Waals surface area contributed by atoms with E-state index < -0.39 is 0 Å². The largest absolute Gasteiger partial charge is 0.330 e. The summed E-state index contributed by atoms with van der Waals surface area (Å²) in [5.74, 6) is 0. The van der Waals surface area contributed by atoms with Gasteiger partial charge in [0.2, 0.25) is 0 Å². The third-order valence-electron chi connectivity index (χ3n) is 3.78. The number of allylic oxidation sites excluding steroid dienone is 5. The van der Waals surface area contributed by atoms with Gasteiger partial charge in [0.25, 0.3) is 0 Å². The molecule has 128 valence electrons. The van der Waals surface area contributed by atoms with Crippen LogP contribution < -0.4 is 11.1 Å². The minimum Gasteiger partial charge on any atom is -0.330 e. The van der Waals surface area contributed by atoms with Gasteiger partial charge in [-0.3, -0.25) is 0 Å². The Morgan fingerprint density at radius 1 is 0.818 bits per heavy atom. The van der Waals surface area contributed by atoms with Gasteiger partial charge in [0.05, 0.1) is 0 Å². The summed E-state index contributed by atoms with van der Waals surface area (Å²) in [5, 5.41) is 3.47. The van der Waals surface area contributed by atoms with Crippen molar-refractivity contribution in [2.24, 2.45) is 5.73 Å². The van der Waals surface area contributed by atoms with Gasteiger partial charge in [-0.25, -0.2) is 0 Å². The van der Waals surface area contributed by atoms with Gasteiger partial charge in [-0.2, -0.15) is 0 Å². The van der Waals surface area contributed by atoms with Crippen molar-refractivity contribution in [3.63, 3.8) is 0 Å². The summed E-state index contributed by atoms with van der Waals surface area (Å²) >= 11 is 0. The fourth-order valence-corrected chi connectivity index (χ4v) is 2.26. The Morgan fingerprint density at radius 2 is 1.45 bits per heavy atom. The number of nitrogens with one attached hydrogen (secondary N) is 1. The highest BCUT2D eigenvalue weighted by atomic mass is 14.8. The van der Waals surface area contributed by atoms with E-state index in [4.69, 9.17) is 5.73 Å². The molecule has 0 aliphatic heterocycles. The molecule has 3 N–H and O–H groups in total. The normalized spacial score (nSPS) is 12.6. The van der Waals surface area contributed by atoms with Crippen molar-refractivity contribution in [3.05, 3.63) is 34.9 Å². The van der Waals surface area contributed by atoms with Crippen LogP contribution >= 0.6 is 0 Å². The zero-order valence-corrected chi connectivity index (χ0v) is 15.4.